The number of nitrogens with two attached hydrogens (primary N) is 1. The van der Waals surface area contributed by atoms with Gasteiger partial charge in [0.15, 0.2) is 5.65 Å². The molecule has 3 rings (SSSR count). The molecule has 90 valence electrons. The van der Waals surface area contributed by atoms with E-state index in [1.54, 1.807) is 11.1 Å². The Morgan fingerprint density at radius 2 is 2.44 bits per heavy atom. The zero-order valence-electron chi connectivity index (χ0n) is 9.60. The Balaban J connectivity index is 2.19. The van der Waals surface area contributed by atoms with E-state index in [1.807, 2.05) is 0 Å². The van der Waals surface area contributed by atoms with Crippen molar-refractivity contribution in [2.24, 2.45) is 0 Å². The van der Waals surface area contributed by atoms with E-state index < -0.39 is 0 Å². The van der Waals surface area contributed by atoms with Crippen molar-refractivity contribution in [3.63, 3.8) is 0 Å². The first-order valence-electron chi connectivity index (χ1n) is 5.56. The Kier molecular flexibility index (Phi) is 2.20. The van der Waals surface area contributed by atoms with Crippen molar-refractivity contribution in [2.75, 3.05) is 18.8 Å². The van der Waals surface area contributed by atoms with Gasteiger partial charge in [-0.25, -0.2) is 4.98 Å². The first-order valence-corrected chi connectivity index (χ1v) is 5.56. The molecule has 2 aromatic rings. The topological polar surface area (TPSA) is 87.9 Å². The Morgan fingerprint density at radius 1 is 1.61 bits per heavy atom. The molecule has 0 unspecified atom stereocenters. The average molecular weight is 241 g/mol. The normalized spacial score (nSPS) is 14.6. The highest BCUT2D eigenvalue weighted by Gasteiger charge is 2.28. The third kappa shape index (κ3) is 1.34. The zero-order chi connectivity index (χ0) is 12.7. The van der Waals surface area contributed by atoms with Gasteiger partial charge in [0.05, 0.1) is 35.1 Å². The summed E-state index contributed by atoms with van der Waals surface area (Å²) < 4.78 is 0. The van der Waals surface area contributed by atoms with Gasteiger partial charge in [0, 0.05) is 13.0 Å². The molecule has 0 fully saturated rings. The van der Waals surface area contributed by atoms with Gasteiger partial charge in [-0.1, -0.05) is 5.92 Å². The lowest BCUT2D eigenvalue weighted by molar-refractivity contribution is 0.0762. The summed E-state index contributed by atoms with van der Waals surface area (Å²) in [6.07, 6.45) is 7.48. The van der Waals surface area contributed by atoms with Gasteiger partial charge in [0.25, 0.3) is 5.91 Å². The van der Waals surface area contributed by atoms with E-state index >= 15 is 0 Å². The molecule has 2 aromatic heterocycles. The molecule has 0 aromatic carbocycles. The average Bonchev–Trinajstić information content (AvgIpc) is 2.81. The first kappa shape index (κ1) is 10.6. The molecular formula is C12H11N5O. The van der Waals surface area contributed by atoms with Gasteiger partial charge in [0.2, 0.25) is 0 Å². The standard InChI is InChI=1S/C12H11N5O/c1-2-4-17-5-3-8-9(12(17)18)10(13)7-6-14-16-11(7)15-8/h1,6H,3-5H2,(H3,13,14,15,16). The molecule has 0 aliphatic carbocycles. The molecule has 1 aliphatic heterocycles. The van der Waals surface area contributed by atoms with Crippen molar-refractivity contribution in [3.8, 4) is 12.3 Å². The highest BCUT2D eigenvalue weighted by atomic mass is 16.2. The number of nitrogens with zero attached hydrogens (tertiary/aromatic N) is 3. The predicted molar refractivity (Wildman–Crippen MR) is 66.7 cm³/mol. The van der Waals surface area contributed by atoms with Crippen LogP contribution in [0.1, 0.15) is 16.1 Å². The SMILES string of the molecule is C#CCN1CCc2nc3[nH]ncc3c(N)c2C1=O. The van der Waals surface area contributed by atoms with Crippen LogP contribution in [0.15, 0.2) is 6.20 Å². The highest BCUT2D eigenvalue weighted by molar-refractivity contribution is 6.07. The number of hydrogen-bond donors (Lipinski definition) is 2. The van der Waals surface area contributed by atoms with Crippen molar-refractivity contribution in [1.82, 2.24) is 20.1 Å². The van der Waals surface area contributed by atoms with E-state index in [9.17, 15) is 4.79 Å². The Morgan fingerprint density at radius 3 is 3.22 bits per heavy atom. The predicted octanol–water partition coefficient (Wildman–Crippen LogP) is 0.172. The van der Waals surface area contributed by atoms with E-state index in [-0.39, 0.29) is 5.91 Å². The summed E-state index contributed by atoms with van der Waals surface area (Å²) in [4.78, 5) is 18.3. The van der Waals surface area contributed by atoms with Crippen LogP contribution in [-0.2, 0) is 6.42 Å². The molecule has 1 aliphatic rings. The molecule has 6 heteroatoms. The molecule has 3 heterocycles. The molecule has 3 N–H and O–H groups in total. The number of H-pyrrole nitrogens is 1. The summed E-state index contributed by atoms with van der Waals surface area (Å²) in [5, 5.41) is 7.32. The van der Waals surface area contributed by atoms with Gasteiger partial charge in [-0.2, -0.15) is 5.10 Å². The summed E-state index contributed by atoms with van der Waals surface area (Å²) in [6.45, 7) is 0.864. The maximum Gasteiger partial charge on any atom is 0.258 e. The second-order valence-corrected chi connectivity index (χ2v) is 4.16. The number of nitrogens with one attached hydrogen (secondary N) is 1. The fourth-order valence-electron chi connectivity index (χ4n) is 2.22. The fourth-order valence-corrected chi connectivity index (χ4v) is 2.22. The van der Waals surface area contributed by atoms with Crippen LogP contribution in [0.3, 0.4) is 0 Å². The number of amides is 1. The van der Waals surface area contributed by atoms with E-state index in [0.29, 0.717) is 47.5 Å². The third-order valence-electron chi connectivity index (χ3n) is 3.12. The van der Waals surface area contributed by atoms with Crippen LogP contribution in [-0.4, -0.2) is 39.1 Å². The number of terminal acetylenes is 1. The van der Waals surface area contributed by atoms with Gasteiger partial charge in [-0.05, 0) is 0 Å². The highest BCUT2D eigenvalue weighted by Crippen LogP contribution is 2.28. The molecule has 0 saturated heterocycles. The third-order valence-corrected chi connectivity index (χ3v) is 3.12. The Labute approximate surface area is 103 Å². The second-order valence-electron chi connectivity index (χ2n) is 4.16. The number of carbonyl (C=O) groups is 1. The van der Waals surface area contributed by atoms with Crippen LogP contribution in [0.2, 0.25) is 0 Å². The lowest BCUT2D eigenvalue weighted by atomic mass is 10.0. The molecular weight excluding hydrogens is 230 g/mol. The lowest BCUT2D eigenvalue weighted by Crippen LogP contribution is -2.38. The van der Waals surface area contributed by atoms with Crippen LogP contribution in [0, 0.1) is 12.3 Å². The van der Waals surface area contributed by atoms with Crippen molar-refractivity contribution >= 4 is 22.6 Å². The second kappa shape index (κ2) is 3.74. The van der Waals surface area contributed by atoms with E-state index in [4.69, 9.17) is 12.2 Å². The summed E-state index contributed by atoms with van der Waals surface area (Å²) in [7, 11) is 0. The smallest absolute Gasteiger partial charge is 0.258 e. The van der Waals surface area contributed by atoms with Gasteiger partial charge in [0.1, 0.15) is 0 Å². The number of carbonyl (C=O) groups excluding carboxylic acids is 1. The van der Waals surface area contributed by atoms with E-state index in [1.165, 1.54) is 0 Å². The van der Waals surface area contributed by atoms with Crippen LogP contribution in [0.5, 0.6) is 0 Å². The lowest BCUT2D eigenvalue weighted by Gasteiger charge is -2.27. The minimum atomic E-state index is -0.151. The van der Waals surface area contributed by atoms with Crippen LogP contribution >= 0.6 is 0 Å². The quantitative estimate of drug-likeness (QED) is 0.697. The van der Waals surface area contributed by atoms with Crippen LogP contribution in [0.25, 0.3) is 11.0 Å². The van der Waals surface area contributed by atoms with Crippen molar-refractivity contribution < 1.29 is 4.79 Å². The Hall–Kier alpha value is -2.55. The number of fused-ring (bicyclic) bond motifs is 2. The van der Waals surface area contributed by atoms with Gasteiger partial charge < -0.3 is 10.6 Å². The number of aromatic nitrogens is 3. The monoisotopic (exact) mass is 241 g/mol. The number of pyridine rings is 1. The van der Waals surface area contributed by atoms with Gasteiger partial charge in [-0.15, -0.1) is 6.42 Å². The number of anilines is 1. The summed E-state index contributed by atoms with van der Waals surface area (Å²) in [5.41, 5.74) is 8.25. The molecule has 0 bridgehead atoms. The molecule has 1 amide bonds. The number of hydrogen-bond acceptors (Lipinski definition) is 4. The summed E-state index contributed by atoms with van der Waals surface area (Å²) in [5.74, 6) is 2.32. The van der Waals surface area contributed by atoms with Crippen molar-refractivity contribution in [1.29, 1.82) is 0 Å². The van der Waals surface area contributed by atoms with Crippen molar-refractivity contribution in [3.05, 3.63) is 17.5 Å². The van der Waals surface area contributed by atoms with Crippen LogP contribution in [0.4, 0.5) is 5.69 Å². The minimum absolute atomic E-state index is 0.151. The van der Waals surface area contributed by atoms with Gasteiger partial charge >= 0.3 is 0 Å². The van der Waals surface area contributed by atoms with Gasteiger partial charge in [-0.3, -0.25) is 9.89 Å². The largest absolute Gasteiger partial charge is 0.397 e. The number of nitrogen functional groups attached to an aromatic ring is 1. The van der Waals surface area contributed by atoms with E-state index in [0.717, 1.165) is 0 Å². The van der Waals surface area contributed by atoms with Crippen molar-refractivity contribution in [2.45, 2.75) is 6.42 Å². The minimum Gasteiger partial charge on any atom is -0.397 e. The molecule has 0 spiro atoms. The zero-order valence-corrected chi connectivity index (χ0v) is 9.60. The van der Waals surface area contributed by atoms with Crippen LogP contribution < -0.4 is 5.73 Å². The maximum absolute atomic E-state index is 12.3. The first-order chi connectivity index (χ1) is 8.72. The maximum atomic E-state index is 12.3. The summed E-state index contributed by atoms with van der Waals surface area (Å²) >= 11 is 0. The molecule has 18 heavy (non-hydrogen) atoms. The molecule has 6 nitrogen and oxygen atoms in total. The Bertz CT molecular complexity index is 682. The molecule has 0 saturated carbocycles. The number of rotatable bonds is 1. The fraction of sp³-hybridized carbons (Fsp3) is 0.250. The van der Waals surface area contributed by atoms with E-state index in [2.05, 4.69) is 21.1 Å². The number of aromatic amines is 1. The molecule has 0 atom stereocenters. The summed E-state index contributed by atoms with van der Waals surface area (Å²) in [6, 6.07) is 0. The molecule has 0 radical (unpaired) electrons.